The molecule has 3 nitrogen and oxygen atoms in total. The Morgan fingerprint density at radius 1 is 1.08 bits per heavy atom. The number of fused-ring (bicyclic) bond motifs is 2. The fourth-order valence-corrected chi connectivity index (χ4v) is 5.31. The lowest BCUT2D eigenvalue weighted by Crippen LogP contribution is -2.17. The van der Waals surface area contributed by atoms with Gasteiger partial charge in [-0.2, -0.15) is 0 Å². The number of aromatic nitrogens is 2. The van der Waals surface area contributed by atoms with Crippen molar-refractivity contribution in [2.24, 2.45) is 0 Å². The Balaban J connectivity index is 1.29. The number of imidazole rings is 1. The maximum atomic E-state index is 4.68. The first-order valence-electron chi connectivity index (χ1n) is 9.37. The van der Waals surface area contributed by atoms with Crippen LogP contribution in [0.5, 0.6) is 0 Å². The van der Waals surface area contributed by atoms with E-state index in [9.17, 15) is 0 Å². The summed E-state index contributed by atoms with van der Waals surface area (Å²) in [6.07, 6.45) is 7.24. The third-order valence-corrected chi connectivity index (χ3v) is 6.31. The van der Waals surface area contributed by atoms with Gasteiger partial charge in [-0.25, -0.2) is 4.98 Å². The van der Waals surface area contributed by atoms with Gasteiger partial charge in [0.25, 0.3) is 0 Å². The van der Waals surface area contributed by atoms with Crippen LogP contribution in [0.4, 0.5) is 5.69 Å². The fourth-order valence-electron chi connectivity index (χ4n) is 3.91. The van der Waals surface area contributed by atoms with Crippen molar-refractivity contribution in [2.45, 2.75) is 44.4 Å². The summed E-state index contributed by atoms with van der Waals surface area (Å²) in [5, 5.41) is 3.54. The molecule has 0 fully saturated rings. The summed E-state index contributed by atoms with van der Waals surface area (Å²) in [6, 6.07) is 12.7. The van der Waals surface area contributed by atoms with Gasteiger partial charge in [0, 0.05) is 21.9 Å². The minimum atomic E-state index is 0.659. The van der Waals surface area contributed by atoms with Crippen molar-refractivity contribution in [3.8, 4) is 0 Å². The van der Waals surface area contributed by atoms with Gasteiger partial charge in [0.05, 0.1) is 16.7 Å². The molecule has 0 unspecified atom stereocenters. The summed E-state index contributed by atoms with van der Waals surface area (Å²) in [5.41, 5.74) is 4.96. The zero-order valence-electron chi connectivity index (χ0n) is 14.7. The number of aryl methyl sites for hydroxylation is 1. The monoisotopic (exact) mass is 475 g/mol. The normalized spacial score (nSPS) is 16.5. The number of nitrogens with one attached hydrogen (secondary N) is 2. The lowest BCUT2D eigenvalue weighted by molar-refractivity contribution is 0.527. The standard InChI is InChI=1S/C21H23Br2N3/c22-15-12-16-14(10-11-24-21(16)17(23)13-15)6-2-1-3-9-20-25-18-7-4-5-8-19(18)26-20/h4-5,7-8,12-14,24H,1-3,6,9-11H2,(H,25,26)/t14-/m1/s1. The van der Waals surface area contributed by atoms with Crippen molar-refractivity contribution in [1.29, 1.82) is 0 Å². The van der Waals surface area contributed by atoms with E-state index >= 15 is 0 Å². The summed E-state index contributed by atoms with van der Waals surface area (Å²) in [7, 11) is 0. The average molecular weight is 477 g/mol. The average Bonchev–Trinajstić information content (AvgIpc) is 3.04. The number of rotatable bonds is 6. The van der Waals surface area contributed by atoms with E-state index in [4.69, 9.17) is 0 Å². The third kappa shape index (κ3) is 3.99. The molecule has 0 saturated heterocycles. The first-order chi connectivity index (χ1) is 12.7. The van der Waals surface area contributed by atoms with Crippen LogP contribution >= 0.6 is 31.9 Å². The molecule has 4 rings (SSSR count). The van der Waals surface area contributed by atoms with Crippen molar-refractivity contribution >= 4 is 48.6 Å². The van der Waals surface area contributed by atoms with E-state index in [-0.39, 0.29) is 0 Å². The molecular formula is C21H23Br2N3. The highest BCUT2D eigenvalue weighted by Crippen LogP contribution is 2.41. The molecule has 0 bridgehead atoms. The van der Waals surface area contributed by atoms with Crippen molar-refractivity contribution in [3.05, 3.63) is 56.7 Å². The molecule has 2 aromatic carbocycles. The van der Waals surface area contributed by atoms with Crippen molar-refractivity contribution < 1.29 is 0 Å². The molecule has 1 aliphatic rings. The fraction of sp³-hybridized carbons (Fsp3) is 0.381. The maximum absolute atomic E-state index is 4.68. The van der Waals surface area contributed by atoms with Crippen molar-refractivity contribution in [2.75, 3.05) is 11.9 Å². The van der Waals surface area contributed by atoms with E-state index < -0.39 is 0 Å². The van der Waals surface area contributed by atoms with E-state index in [2.05, 4.69) is 77.5 Å². The van der Waals surface area contributed by atoms with Gasteiger partial charge in [0.1, 0.15) is 5.82 Å². The zero-order chi connectivity index (χ0) is 17.9. The Bertz CT molecular complexity index is 870. The van der Waals surface area contributed by atoms with Crippen LogP contribution in [0.3, 0.4) is 0 Å². The van der Waals surface area contributed by atoms with Gasteiger partial charge in [-0.05, 0) is 70.9 Å². The van der Waals surface area contributed by atoms with Crippen LogP contribution in [0, 0.1) is 0 Å². The summed E-state index contributed by atoms with van der Waals surface area (Å²) < 4.78 is 2.32. The van der Waals surface area contributed by atoms with Crippen LogP contribution in [0.2, 0.25) is 0 Å². The van der Waals surface area contributed by atoms with Gasteiger partial charge in [-0.3, -0.25) is 0 Å². The molecule has 1 aromatic heterocycles. The van der Waals surface area contributed by atoms with Gasteiger partial charge in [-0.15, -0.1) is 0 Å². The lowest BCUT2D eigenvalue weighted by atomic mass is 9.87. The minimum absolute atomic E-state index is 0.659. The maximum Gasteiger partial charge on any atom is 0.107 e. The number of aromatic amines is 1. The number of unbranched alkanes of at least 4 members (excludes halogenated alkanes) is 2. The number of halogens is 2. The molecule has 0 aliphatic carbocycles. The minimum Gasteiger partial charge on any atom is -0.384 e. The van der Waals surface area contributed by atoms with Crippen molar-refractivity contribution in [3.63, 3.8) is 0 Å². The lowest BCUT2D eigenvalue weighted by Gasteiger charge is -2.28. The molecule has 0 saturated carbocycles. The molecule has 1 atom stereocenters. The summed E-state index contributed by atoms with van der Waals surface area (Å²) in [5.74, 6) is 1.78. The predicted octanol–water partition coefficient (Wildman–Crippen LogP) is 6.79. The second kappa shape index (κ2) is 8.13. The first kappa shape index (κ1) is 18.1. The van der Waals surface area contributed by atoms with Crippen LogP contribution in [-0.4, -0.2) is 16.5 Å². The molecule has 2 heterocycles. The molecule has 2 N–H and O–H groups in total. The summed E-state index contributed by atoms with van der Waals surface area (Å²) in [4.78, 5) is 8.11. The Morgan fingerprint density at radius 2 is 1.96 bits per heavy atom. The van der Waals surface area contributed by atoms with E-state index in [1.807, 2.05) is 6.07 Å². The van der Waals surface area contributed by atoms with Crippen LogP contribution in [0.25, 0.3) is 11.0 Å². The van der Waals surface area contributed by atoms with Gasteiger partial charge in [0.15, 0.2) is 0 Å². The Labute approximate surface area is 171 Å². The highest BCUT2D eigenvalue weighted by molar-refractivity contribution is 9.11. The number of hydrogen-bond donors (Lipinski definition) is 2. The smallest absolute Gasteiger partial charge is 0.107 e. The van der Waals surface area contributed by atoms with Crippen LogP contribution in [-0.2, 0) is 6.42 Å². The van der Waals surface area contributed by atoms with Crippen LogP contribution in [0.15, 0.2) is 45.3 Å². The Morgan fingerprint density at radius 3 is 2.85 bits per heavy atom. The highest BCUT2D eigenvalue weighted by atomic mass is 79.9. The van der Waals surface area contributed by atoms with Crippen LogP contribution in [0.1, 0.15) is 49.4 Å². The quantitative estimate of drug-likeness (QED) is 0.384. The highest BCUT2D eigenvalue weighted by Gasteiger charge is 2.22. The predicted molar refractivity (Wildman–Crippen MR) is 116 cm³/mol. The van der Waals surface area contributed by atoms with Crippen LogP contribution < -0.4 is 5.32 Å². The molecule has 5 heteroatoms. The van der Waals surface area contributed by atoms with Gasteiger partial charge in [0.2, 0.25) is 0 Å². The van der Waals surface area contributed by atoms with E-state index in [0.29, 0.717) is 5.92 Å². The van der Waals surface area contributed by atoms with E-state index in [1.54, 1.807) is 0 Å². The number of H-pyrrole nitrogens is 1. The number of benzene rings is 2. The Kier molecular flexibility index (Phi) is 5.65. The second-order valence-electron chi connectivity index (χ2n) is 7.06. The zero-order valence-corrected chi connectivity index (χ0v) is 17.9. The van der Waals surface area contributed by atoms with E-state index in [0.717, 1.165) is 38.8 Å². The number of para-hydroxylation sites is 2. The molecule has 26 heavy (non-hydrogen) atoms. The van der Waals surface area contributed by atoms with E-state index in [1.165, 1.54) is 43.4 Å². The largest absolute Gasteiger partial charge is 0.384 e. The topological polar surface area (TPSA) is 40.7 Å². The van der Waals surface area contributed by atoms with Gasteiger partial charge >= 0.3 is 0 Å². The molecule has 0 spiro atoms. The Hall–Kier alpha value is -1.33. The molecule has 0 amide bonds. The molecule has 136 valence electrons. The second-order valence-corrected chi connectivity index (χ2v) is 8.83. The SMILES string of the molecule is Brc1cc(Br)c2c(c1)[C@H](CCCCCc1nc3ccccc3[nH]1)CCN2. The molecule has 1 aliphatic heterocycles. The molecule has 0 radical (unpaired) electrons. The summed E-state index contributed by atoms with van der Waals surface area (Å²) in [6.45, 7) is 1.07. The number of hydrogen-bond acceptors (Lipinski definition) is 2. The molecule has 3 aromatic rings. The molecular weight excluding hydrogens is 454 g/mol. The number of nitrogens with zero attached hydrogens (tertiary/aromatic N) is 1. The summed E-state index contributed by atoms with van der Waals surface area (Å²) >= 11 is 7.32. The van der Waals surface area contributed by atoms with Gasteiger partial charge < -0.3 is 10.3 Å². The van der Waals surface area contributed by atoms with Crippen molar-refractivity contribution in [1.82, 2.24) is 9.97 Å². The van der Waals surface area contributed by atoms with Gasteiger partial charge in [-0.1, -0.05) is 40.9 Å². The third-order valence-electron chi connectivity index (χ3n) is 5.22. The number of anilines is 1. The first-order valence-corrected chi connectivity index (χ1v) is 11.0.